The van der Waals surface area contributed by atoms with Gasteiger partial charge in [-0.15, -0.1) is 0 Å². The number of nitrogens with one attached hydrogen (secondary N) is 1. The first-order valence-electron chi connectivity index (χ1n) is 5.14. The van der Waals surface area contributed by atoms with Crippen LogP contribution in [0.15, 0.2) is 6.20 Å². The number of carbonyl (C=O) groups excluding carboxylic acids is 1. The lowest BCUT2D eigenvalue weighted by Crippen LogP contribution is -2.34. The van der Waals surface area contributed by atoms with Gasteiger partial charge in [0.25, 0.3) is 5.91 Å². The molecule has 0 fully saturated rings. The number of nitrogens with two attached hydrogens (primary N) is 1. The Bertz CT molecular complexity index is 326. The van der Waals surface area contributed by atoms with Gasteiger partial charge in [0.2, 0.25) is 0 Å². The van der Waals surface area contributed by atoms with E-state index in [9.17, 15) is 4.79 Å². The van der Waals surface area contributed by atoms with Gasteiger partial charge in [0, 0.05) is 13.1 Å². The van der Waals surface area contributed by atoms with E-state index in [1.54, 1.807) is 7.05 Å². The molecule has 0 aliphatic carbocycles. The van der Waals surface area contributed by atoms with Gasteiger partial charge in [0.1, 0.15) is 5.69 Å². The van der Waals surface area contributed by atoms with Crippen molar-refractivity contribution in [3.05, 3.63) is 11.9 Å². The summed E-state index contributed by atoms with van der Waals surface area (Å²) in [7, 11) is 1.70. The molecule has 0 aliphatic heterocycles. The minimum absolute atomic E-state index is 0.159. The van der Waals surface area contributed by atoms with Crippen LogP contribution in [0.1, 0.15) is 37.2 Å². The molecule has 5 heteroatoms. The SMILES string of the molecule is CCCC(C)NC(=O)c1c(N)cnn1C. The zero-order valence-corrected chi connectivity index (χ0v) is 9.45. The van der Waals surface area contributed by atoms with Crippen molar-refractivity contribution in [3.63, 3.8) is 0 Å². The third kappa shape index (κ3) is 2.71. The standard InChI is InChI=1S/C10H18N4O/c1-4-5-7(2)13-10(15)9-8(11)6-12-14(9)3/h6-7H,4-5,11H2,1-3H3,(H,13,15). The van der Waals surface area contributed by atoms with Crippen molar-refractivity contribution >= 4 is 11.6 Å². The van der Waals surface area contributed by atoms with Gasteiger partial charge < -0.3 is 11.1 Å². The summed E-state index contributed by atoms with van der Waals surface area (Å²) in [5.41, 5.74) is 6.49. The van der Waals surface area contributed by atoms with Crippen molar-refractivity contribution < 1.29 is 4.79 Å². The molecule has 0 saturated carbocycles. The van der Waals surface area contributed by atoms with Crippen LogP contribution in [0.3, 0.4) is 0 Å². The average Bonchev–Trinajstić information content (AvgIpc) is 2.46. The fourth-order valence-electron chi connectivity index (χ4n) is 1.53. The number of carbonyl (C=O) groups is 1. The minimum atomic E-state index is -0.159. The molecule has 0 spiro atoms. The molecule has 84 valence electrons. The number of aryl methyl sites for hydroxylation is 1. The summed E-state index contributed by atoms with van der Waals surface area (Å²) in [6.45, 7) is 4.06. The van der Waals surface area contributed by atoms with Crippen LogP contribution in [-0.2, 0) is 7.05 Å². The number of hydrogen-bond acceptors (Lipinski definition) is 3. The molecule has 1 amide bonds. The lowest BCUT2D eigenvalue weighted by molar-refractivity contribution is 0.0930. The normalized spacial score (nSPS) is 12.5. The van der Waals surface area contributed by atoms with Gasteiger partial charge in [-0.25, -0.2) is 0 Å². The molecular weight excluding hydrogens is 192 g/mol. The smallest absolute Gasteiger partial charge is 0.271 e. The molecule has 0 radical (unpaired) electrons. The molecule has 3 N–H and O–H groups in total. The van der Waals surface area contributed by atoms with Crippen LogP contribution < -0.4 is 11.1 Å². The van der Waals surface area contributed by atoms with Crippen molar-refractivity contribution in [1.82, 2.24) is 15.1 Å². The summed E-state index contributed by atoms with van der Waals surface area (Å²) in [6.07, 6.45) is 3.49. The molecule has 15 heavy (non-hydrogen) atoms. The summed E-state index contributed by atoms with van der Waals surface area (Å²) in [5, 5.41) is 6.81. The summed E-state index contributed by atoms with van der Waals surface area (Å²) in [4.78, 5) is 11.8. The summed E-state index contributed by atoms with van der Waals surface area (Å²) in [5.74, 6) is -0.159. The van der Waals surface area contributed by atoms with E-state index in [0.29, 0.717) is 11.4 Å². The van der Waals surface area contributed by atoms with Crippen LogP contribution >= 0.6 is 0 Å². The highest BCUT2D eigenvalue weighted by Crippen LogP contribution is 2.09. The number of nitrogen functional groups attached to an aromatic ring is 1. The van der Waals surface area contributed by atoms with E-state index in [4.69, 9.17) is 5.73 Å². The van der Waals surface area contributed by atoms with Gasteiger partial charge in [-0.1, -0.05) is 13.3 Å². The van der Waals surface area contributed by atoms with E-state index in [-0.39, 0.29) is 11.9 Å². The highest BCUT2D eigenvalue weighted by Gasteiger charge is 2.16. The number of aromatic nitrogens is 2. The predicted molar refractivity (Wildman–Crippen MR) is 59.5 cm³/mol. The number of nitrogens with zero attached hydrogens (tertiary/aromatic N) is 2. The Balaban J connectivity index is 2.69. The second-order valence-corrected chi connectivity index (χ2v) is 3.74. The zero-order valence-electron chi connectivity index (χ0n) is 9.45. The van der Waals surface area contributed by atoms with E-state index in [0.717, 1.165) is 12.8 Å². The molecule has 0 aromatic carbocycles. The van der Waals surface area contributed by atoms with Crippen molar-refractivity contribution in [2.75, 3.05) is 5.73 Å². The molecule has 1 atom stereocenters. The topological polar surface area (TPSA) is 72.9 Å². The molecule has 1 aromatic rings. The largest absolute Gasteiger partial charge is 0.396 e. The van der Waals surface area contributed by atoms with Crippen molar-refractivity contribution in [2.45, 2.75) is 32.7 Å². The monoisotopic (exact) mass is 210 g/mol. The van der Waals surface area contributed by atoms with Crippen LogP contribution in [0.4, 0.5) is 5.69 Å². The Kier molecular flexibility index (Phi) is 3.71. The average molecular weight is 210 g/mol. The van der Waals surface area contributed by atoms with Crippen molar-refractivity contribution in [2.24, 2.45) is 7.05 Å². The molecule has 1 heterocycles. The minimum Gasteiger partial charge on any atom is -0.396 e. The van der Waals surface area contributed by atoms with Gasteiger partial charge >= 0.3 is 0 Å². The second-order valence-electron chi connectivity index (χ2n) is 3.74. The van der Waals surface area contributed by atoms with E-state index >= 15 is 0 Å². The van der Waals surface area contributed by atoms with Crippen LogP contribution in [0.25, 0.3) is 0 Å². The Labute approximate surface area is 89.6 Å². The van der Waals surface area contributed by atoms with Crippen LogP contribution in [0, 0.1) is 0 Å². The number of amides is 1. The molecule has 0 bridgehead atoms. The molecule has 0 saturated heterocycles. The van der Waals surface area contributed by atoms with E-state index in [1.807, 2.05) is 6.92 Å². The van der Waals surface area contributed by atoms with E-state index in [2.05, 4.69) is 17.3 Å². The lowest BCUT2D eigenvalue weighted by atomic mass is 10.2. The predicted octanol–water partition coefficient (Wildman–Crippen LogP) is 0.921. The Hall–Kier alpha value is -1.52. The van der Waals surface area contributed by atoms with E-state index in [1.165, 1.54) is 10.9 Å². The van der Waals surface area contributed by atoms with E-state index < -0.39 is 0 Å². The summed E-state index contributed by atoms with van der Waals surface area (Å²) < 4.78 is 1.49. The van der Waals surface area contributed by atoms with Crippen LogP contribution in [-0.4, -0.2) is 21.7 Å². The highest BCUT2D eigenvalue weighted by atomic mass is 16.2. The zero-order chi connectivity index (χ0) is 11.4. The maximum Gasteiger partial charge on any atom is 0.271 e. The number of hydrogen-bond donors (Lipinski definition) is 2. The number of rotatable bonds is 4. The Morgan fingerprint density at radius 2 is 2.40 bits per heavy atom. The van der Waals surface area contributed by atoms with Gasteiger partial charge in [-0.05, 0) is 13.3 Å². The van der Waals surface area contributed by atoms with Gasteiger partial charge in [-0.3, -0.25) is 9.48 Å². The van der Waals surface area contributed by atoms with Gasteiger partial charge in [-0.2, -0.15) is 5.10 Å². The molecule has 1 unspecified atom stereocenters. The first kappa shape index (κ1) is 11.6. The second kappa shape index (κ2) is 4.82. The summed E-state index contributed by atoms with van der Waals surface area (Å²) >= 11 is 0. The Morgan fingerprint density at radius 3 is 2.87 bits per heavy atom. The third-order valence-corrected chi connectivity index (χ3v) is 2.28. The van der Waals surface area contributed by atoms with Crippen LogP contribution in [0.5, 0.6) is 0 Å². The highest BCUT2D eigenvalue weighted by molar-refractivity contribution is 5.97. The Morgan fingerprint density at radius 1 is 1.73 bits per heavy atom. The fraction of sp³-hybridized carbons (Fsp3) is 0.600. The fourth-order valence-corrected chi connectivity index (χ4v) is 1.53. The maximum atomic E-state index is 11.8. The quantitative estimate of drug-likeness (QED) is 0.776. The third-order valence-electron chi connectivity index (χ3n) is 2.28. The molecular formula is C10H18N4O. The van der Waals surface area contributed by atoms with Crippen molar-refractivity contribution in [3.8, 4) is 0 Å². The molecule has 0 aliphatic rings. The van der Waals surface area contributed by atoms with Crippen LogP contribution in [0.2, 0.25) is 0 Å². The summed E-state index contributed by atoms with van der Waals surface area (Å²) in [6, 6.07) is 0.164. The van der Waals surface area contributed by atoms with Gasteiger partial charge in [0.15, 0.2) is 0 Å². The first-order chi connectivity index (χ1) is 7.06. The first-order valence-corrected chi connectivity index (χ1v) is 5.14. The number of anilines is 1. The van der Waals surface area contributed by atoms with Gasteiger partial charge in [0.05, 0.1) is 11.9 Å². The lowest BCUT2D eigenvalue weighted by Gasteiger charge is -2.12. The van der Waals surface area contributed by atoms with Crippen molar-refractivity contribution in [1.29, 1.82) is 0 Å². The molecule has 1 rings (SSSR count). The molecule has 1 aromatic heterocycles. The molecule has 5 nitrogen and oxygen atoms in total. The maximum absolute atomic E-state index is 11.8.